The largest absolute Gasteiger partial charge is 0.241 e. The summed E-state index contributed by atoms with van der Waals surface area (Å²) in [6.07, 6.45) is 3.43. The van der Waals surface area contributed by atoms with Crippen molar-refractivity contribution in [3.05, 3.63) is 40.4 Å². The van der Waals surface area contributed by atoms with Crippen LogP contribution < -0.4 is 0 Å². The molecule has 0 saturated carbocycles. The fourth-order valence-corrected chi connectivity index (χ4v) is 2.29. The molecule has 5 heteroatoms. The van der Waals surface area contributed by atoms with E-state index in [1.165, 1.54) is 0 Å². The van der Waals surface area contributed by atoms with Gasteiger partial charge in [-0.05, 0) is 17.5 Å². The normalized spacial score (nSPS) is 11.0. The Hall–Kier alpha value is -1.39. The Labute approximate surface area is 95.0 Å². The Kier molecular flexibility index (Phi) is 1.97. The Morgan fingerprint density at radius 1 is 1.40 bits per heavy atom. The molecule has 0 saturated heterocycles. The van der Waals surface area contributed by atoms with Crippen LogP contribution in [0.3, 0.4) is 0 Å². The molecule has 3 rings (SSSR count). The summed E-state index contributed by atoms with van der Waals surface area (Å²) in [6, 6.07) is 3.98. The van der Waals surface area contributed by atoms with Crippen LogP contribution in [0, 0.1) is 0 Å². The van der Waals surface area contributed by atoms with E-state index in [0.29, 0.717) is 5.15 Å². The van der Waals surface area contributed by atoms with Gasteiger partial charge in [-0.15, -0.1) is 0 Å². The third-order valence-electron chi connectivity index (χ3n) is 2.16. The van der Waals surface area contributed by atoms with E-state index in [0.717, 1.165) is 16.8 Å². The minimum atomic E-state index is 0.478. The second-order valence-corrected chi connectivity index (χ2v) is 4.23. The molecule has 0 fully saturated rings. The molecule has 0 amide bonds. The van der Waals surface area contributed by atoms with Crippen LogP contribution in [0.1, 0.15) is 0 Å². The molecule has 3 aromatic heterocycles. The van der Waals surface area contributed by atoms with Crippen molar-refractivity contribution in [3.63, 3.8) is 0 Å². The van der Waals surface area contributed by atoms with E-state index in [1.807, 2.05) is 17.5 Å². The van der Waals surface area contributed by atoms with Crippen LogP contribution in [0.25, 0.3) is 16.8 Å². The maximum Gasteiger partial charge on any atom is 0.154 e. The minimum absolute atomic E-state index is 0.478. The smallest absolute Gasteiger partial charge is 0.154 e. The maximum atomic E-state index is 5.96. The van der Waals surface area contributed by atoms with Gasteiger partial charge in [0.05, 0.1) is 5.69 Å². The average Bonchev–Trinajstić information content (AvgIpc) is 2.86. The van der Waals surface area contributed by atoms with Crippen LogP contribution in [-0.2, 0) is 0 Å². The van der Waals surface area contributed by atoms with Crippen LogP contribution in [0.4, 0.5) is 0 Å². The third kappa shape index (κ3) is 1.42. The van der Waals surface area contributed by atoms with Gasteiger partial charge in [-0.1, -0.05) is 11.6 Å². The van der Waals surface area contributed by atoms with Crippen molar-refractivity contribution in [2.75, 3.05) is 0 Å². The molecule has 0 atom stereocenters. The summed E-state index contributed by atoms with van der Waals surface area (Å²) < 4.78 is 1.74. The summed E-state index contributed by atoms with van der Waals surface area (Å²) in [7, 11) is 0. The van der Waals surface area contributed by atoms with Crippen LogP contribution >= 0.6 is 22.9 Å². The molecule has 0 spiro atoms. The van der Waals surface area contributed by atoms with E-state index in [-0.39, 0.29) is 0 Å². The third-order valence-corrected chi connectivity index (χ3v) is 3.13. The Morgan fingerprint density at radius 3 is 3.07 bits per heavy atom. The van der Waals surface area contributed by atoms with Gasteiger partial charge in [0.1, 0.15) is 5.52 Å². The fourth-order valence-electron chi connectivity index (χ4n) is 1.44. The Balaban J connectivity index is 2.27. The molecule has 3 nitrogen and oxygen atoms in total. The second-order valence-electron chi connectivity index (χ2n) is 3.09. The lowest BCUT2D eigenvalue weighted by molar-refractivity contribution is 0.950. The first kappa shape index (κ1) is 8.88. The zero-order valence-corrected chi connectivity index (χ0v) is 9.16. The van der Waals surface area contributed by atoms with E-state index in [9.17, 15) is 0 Å². The van der Waals surface area contributed by atoms with Crippen LogP contribution in [-0.4, -0.2) is 14.6 Å². The zero-order valence-electron chi connectivity index (χ0n) is 7.59. The molecule has 0 aliphatic heterocycles. The summed E-state index contributed by atoms with van der Waals surface area (Å²) in [5.74, 6) is 0. The average molecular weight is 236 g/mol. The predicted octanol–water partition coefficient (Wildman–Crippen LogP) is 3.11. The number of rotatable bonds is 1. The lowest BCUT2D eigenvalue weighted by Crippen LogP contribution is -1.87. The Bertz CT molecular complexity index is 600. The molecule has 0 unspecified atom stereocenters. The van der Waals surface area contributed by atoms with Crippen molar-refractivity contribution in [3.8, 4) is 11.3 Å². The highest BCUT2D eigenvalue weighted by molar-refractivity contribution is 7.08. The monoisotopic (exact) mass is 235 g/mol. The SMILES string of the molecule is Clc1nccn2nc(-c3ccsc3)cc12. The molecule has 0 aliphatic carbocycles. The molecular formula is C10H6ClN3S. The maximum absolute atomic E-state index is 5.96. The van der Waals surface area contributed by atoms with Crippen molar-refractivity contribution in [2.45, 2.75) is 0 Å². The highest BCUT2D eigenvalue weighted by Gasteiger charge is 2.07. The van der Waals surface area contributed by atoms with Crippen molar-refractivity contribution < 1.29 is 0 Å². The molecule has 74 valence electrons. The summed E-state index contributed by atoms with van der Waals surface area (Å²) in [4.78, 5) is 4.01. The van der Waals surface area contributed by atoms with Gasteiger partial charge in [0.25, 0.3) is 0 Å². The van der Waals surface area contributed by atoms with E-state index in [2.05, 4.69) is 15.5 Å². The molecule has 0 N–H and O–H groups in total. The summed E-state index contributed by atoms with van der Waals surface area (Å²) in [6.45, 7) is 0. The first-order chi connectivity index (χ1) is 7.34. The van der Waals surface area contributed by atoms with Crippen LogP contribution in [0.2, 0.25) is 5.15 Å². The van der Waals surface area contributed by atoms with Crippen molar-refractivity contribution >= 4 is 28.5 Å². The molecule has 0 bridgehead atoms. The van der Waals surface area contributed by atoms with Crippen LogP contribution in [0.5, 0.6) is 0 Å². The first-order valence-electron chi connectivity index (χ1n) is 4.37. The quantitative estimate of drug-likeness (QED) is 0.649. The van der Waals surface area contributed by atoms with Gasteiger partial charge in [-0.3, -0.25) is 0 Å². The van der Waals surface area contributed by atoms with Gasteiger partial charge in [-0.25, -0.2) is 9.50 Å². The van der Waals surface area contributed by atoms with Gasteiger partial charge in [0, 0.05) is 23.3 Å². The predicted molar refractivity (Wildman–Crippen MR) is 61.3 cm³/mol. The van der Waals surface area contributed by atoms with Crippen molar-refractivity contribution in [1.82, 2.24) is 14.6 Å². The lowest BCUT2D eigenvalue weighted by Gasteiger charge is -1.91. The zero-order chi connectivity index (χ0) is 10.3. The molecule has 3 aromatic rings. The number of thiophene rings is 1. The van der Waals surface area contributed by atoms with E-state index < -0.39 is 0 Å². The summed E-state index contributed by atoms with van der Waals surface area (Å²) in [5, 5.41) is 8.98. The van der Waals surface area contributed by atoms with E-state index in [1.54, 1.807) is 28.2 Å². The van der Waals surface area contributed by atoms with Gasteiger partial charge < -0.3 is 0 Å². The molecule has 3 heterocycles. The number of fused-ring (bicyclic) bond motifs is 1. The molecular weight excluding hydrogens is 230 g/mol. The summed E-state index contributed by atoms with van der Waals surface area (Å²) in [5.41, 5.74) is 2.87. The lowest BCUT2D eigenvalue weighted by atomic mass is 10.2. The number of aromatic nitrogens is 3. The van der Waals surface area contributed by atoms with E-state index in [4.69, 9.17) is 11.6 Å². The van der Waals surface area contributed by atoms with Gasteiger partial charge in [0.2, 0.25) is 0 Å². The standard InChI is InChI=1S/C10H6ClN3S/c11-10-9-5-8(7-1-4-15-6-7)13-14(9)3-2-12-10/h1-6H. The van der Waals surface area contributed by atoms with Gasteiger partial charge >= 0.3 is 0 Å². The number of nitrogens with zero attached hydrogens (tertiary/aromatic N) is 3. The second kappa shape index (κ2) is 3.32. The van der Waals surface area contributed by atoms with Crippen molar-refractivity contribution in [1.29, 1.82) is 0 Å². The minimum Gasteiger partial charge on any atom is -0.241 e. The molecule has 0 radical (unpaired) electrons. The topological polar surface area (TPSA) is 30.2 Å². The number of hydrogen-bond donors (Lipinski definition) is 0. The highest BCUT2D eigenvalue weighted by atomic mass is 35.5. The van der Waals surface area contributed by atoms with Gasteiger partial charge in [0.15, 0.2) is 5.15 Å². The Morgan fingerprint density at radius 2 is 2.33 bits per heavy atom. The van der Waals surface area contributed by atoms with Crippen molar-refractivity contribution in [2.24, 2.45) is 0 Å². The van der Waals surface area contributed by atoms with Gasteiger partial charge in [-0.2, -0.15) is 16.4 Å². The number of halogens is 1. The molecule has 0 aliphatic rings. The van der Waals surface area contributed by atoms with Crippen LogP contribution in [0.15, 0.2) is 35.3 Å². The molecule has 0 aromatic carbocycles. The summed E-state index contributed by atoms with van der Waals surface area (Å²) >= 11 is 7.61. The fraction of sp³-hybridized carbons (Fsp3) is 0. The first-order valence-corrected chi connectivity index (χ1v) is 5.69. The number of hydrogen-bond acceptors (Lipinski definition) is 3. The highest BCUT2D eigenvalue weighted by Crippen LogP contribution is 2.24. The van der Waals surface area contributed by atoms with E-state index >= 15 is 0 Å². The molecule has 15 heavy (non-hydrogen) atoms.